The zero-order valence-corrected chi connectivity index (χ0v) is 17.8. The first-order chi connectivity index (χ1) is 15.5. The van der Waals surface area contributed by atoms with Gasteiger partial charge in [0.15, 0.2) is 0 Å². The van der Waals surface area contributed by atoms with Gasteiger partial charge in [0.05, 0.1) is 0 Å². The fourth-order valence-electron chi connectivity index (χ4n) is 4.34. The van der Waals surface area contributed by atoms with Crippen molar-refractivity contribution in [3.63, 3.8) is 0 Å². The topological polar surface area (TPSA) is 87.1 Å². The molecule has 0 unspecified atom stereocenters. The number of phenols is 1. The van der Waals surface area contributed by atoms with Gasteiger partial charge in [-0.3, -0.25) is 4.90 Å². The van der Waals surface area contributed by atoms with Crippen LogP contribution in [-0.2, 0) is 16.0 Å². The number of rotatable bonds is 7. The van der Waals surface area contributed by atoms with Gasteiger partial charge in [-0.1, -0.05) is 60.7 Å². The summed E-state index contributed by atoms with van der Waals surface area (Å²) in [6.07, 6.45) is -0.534. The van der Waals surface area contributed by atoms with Gasteiger partial charge in [0.25, 0.3) is 0 Å². The highest BCUT2D eigenvalue weighted by Crippen LogP contribution is 2.44. The smallest absolute Gasteiger partial charge is 0.410 e. The van der Waals surface area contributed by atoms with Crippen molar-refractivity contribution in [2.45, 2.75) is 25.3 Å². The normalized spacial score (nSPS) is 13.2. The van der Waals surface area contributed by atoms with Gasteiger partial charge < -0.3 is 14.9 Å². The second kappa shape index (κ2) is 9.14. The number of hydrogen-bond donors (Lipinski definition) is 2. The highest BCUT2D eigenvalue weighted by Gasteiger charge is 2.33. The molecule has 32 heavy (non-hydrogen) atoms. The predicted octanol–water partition coefficient (Wildman–Crippen LogP) is 4.66. The van der Waals surface area contributed by atoms with E-state index in [-0.39, 0.29) is 31.2 Å². The number of hydrogen-bond acceptors (Lipinski definition) is 4. The standard InChI is InChI=1S/C26H25NO5/c1-2-27(24(25(29)30)15-17-11-13-18(28)14-12-17)26(31)32-16-23-21-9-5-3-7-19(21)20-8-4-6-10-22(20)23/h3-14,23-24,28H,2,15-16H2,1H3,(H,29,30)/t24-/m0/s1. The number of ether oxygens (including phenoxy) is 1. The van der Waals surface area contributed by atoms with E-state index >= 15 is 0 Å². The number of phenolic OH excluding ortho intramolecular Hbond substituents is 1. The van der Waals surface area contributed by atoms with Crippen LogP contribution in [0.25, 0.3) is 11.1 Å². The number of fused-ring (bicyclic) bond motifs is 3. The highest BCUT2D eigenvalue weighted by molar-refractivity contribution is 5.81. The van der Waals surface area contributed by atoms with Crippen LogP contribution in [0.5, 0.6) is 5.75 Å². The fourth-order valence-corrected chi connectivity index (χ4v) is 4.34. The van der Waals surface area contributed by atoms with Gasteiger partial charge in [-0.15, -0.1) is 0 Å². The molecule has 2 N–H and O–H groups in total. The molecule has 1 aliphatic carbocycles. The number of aliphatic carboxylic acids is 1. The monoisotopic (exact) mass is 431 g/mol. The molecule has 0 fully saturated rings. The molecule has 0 heterocycles. The van der Waals surface area contributed by atoms with Crippen LogP contribution in [0.1, 0.15) is 29.5 Å². The largest absolute Gasteiger partial charge is 0.508 e. The van der Waals surface area contributed by atoms with Crippen LogP contribution in [0.2, 0.25) is 0 Å². The Morgan fingerprint density at radius 3 is 2.03 bits per heavy atom. The number of carboxylic acid groups (broad SMARTS) is 1. The Balaban J connectivity index is 1.50. The van der Waals surface area contributed by atoms with Gasteiger partial charge in [0.2, 0.25) is 0 Å². The fraction of sp³-hybridized carbons (Fsp3) is 0.231. The van der Waals surface area contributed by atoms with Crippen molar-refractivity contribution in [3.05, 3.63) is 89.5 Å². The van der Waals surface area contributed by atoms with E-state index in [1.165, 1.54) is 17.0 Å². The van der Waals surface area contributed by atoms with Gasteiger partial charge in [-0.05, 0) is 46.9 Å². The molecule has 1 aliphatic rings. The number of carbonyl (C=O) groups excluding carboxylic acids is 1. The highest BCUT2D eigenvalue weighted by atomic mass is 16.6. The third-order valence-electron chi connectivity index (χ3n) is 5.94. The van der Waals surface area contributed by atoms with Gasteiger partial charge in [0.1, 0.15) is 18.4 Å². The Morgan fingerprint density at radius 2 is 1.50 bits per heavy atom. The minimum absolute atomic E-state index is 0.0922. The number of carboxylic acids is 1. The summed E-state index contributed by atoms with van der Waals surface area (Å²) < 4.78 is 5.66. The zero-order chi connectivity index (χ0) is 22.7. The summed E-state index contributed by atoms with van der Waals surface area (Å²) in [4.78, 5) is 26.1. The number of nitrogens with zero attached hydrogens (tertiary/aromatic N) is 1. The van der Waals surface area contributed by atoms with E-state index in [0.717, 1.165) is 22.3 Å². The van der Waals surface area contributed by atoms with Gasteiger partial charge in [0, 0.05) is 18.9 Å². The molecule has 164 valence electrons. The van der Waals surface area contributed by atoms with E-state index < -0.39 is 18.1 Å². The minimum atomic E-state index is -1.10. The number of likely N-dealkylation sites (N-methyl/N-ethyl adjacent to an activating group) is 1. The van der Waals surface area contributed by atoms with Crippen molar-refractivity contribution in [2.75, 3.05) is 13.2 Å². The Kier molecular flexibility index (Phi) is 6.12. The summed E-state index contributed by atoms with van der Waals surface area (Å²) in [7, 11) is 0. The van der Waals surface area contributed by atoms with Crippen molar-refractivity contribution in [1.29, 1.82) is 0 Å². The maximum Gasteiger partial charge on any atom is 0.410 e. The van der Waals surface area contributed by atoms with Crippen LogP contribution in [-0.4, -0.2) is 46.4 Å². The maximum absolute atomic E-state index is 12.9. The first-order valence-corrected chi connectivity index (χ1v) is 10.6. The predicted molar refractivity (Wildman–Crippen MR) is 121 cm³/mol. The lowest BCUT2D eigenvalue weighted by atomic mass is 9.98. The molecule has 3 aromatic rings. The maximum atomic E-state index is 12.9. The second-order valence-electron chi connectivity index (χ2n) is 7.81. The Hall–Kier alpha value is -3.80. The average Bonchev–Trinajstić information content (AvgIpc) is 3.12. The molecule has 0 aliphatic heterocycles. The molecule has 0 bridgehead atoms. The molecule has 6 heteroatoms. The molecule has 1 amide bonds. The number of aromatic hydroxyl groups is 1. The molecule has 4 rings (SSSR count). The van der Waals surface area contributed by atoms with E-state index in [4.69, 9.17) is 4.74 Å². The number of amides is 1. The summed E-state index contributed by atoms with van der Waals surface area (Å²) >= 11 is 0. The van der Waals surface area contributed by atoms with E-state index in [1.54, 1.807) is 19.1 Å². The van der Waals surface area contributed by atoms with E-state index in [9.17, 15) is 19.8 Å². The Morgan fingerprint density at radius 1 is 0.938 bits per heavy atom. The summed E-state index contributed by atoms with van der Waals surface area (Å²) in [5.74, 6) is -1.09. The van der Waals surface area contributed by atoms with Crippen LogP contribution in [0.4, 0.5) is 4.79 Å². The molecule has 0 aromatic heterocycles. The van der Waals surface area contributed by atoms with Crippen LogP contribution in [0, 0.1) is 0 Å². The number of carbonyl (C=O) groups is 2. The van der Waals surface area contributed by atoms with E-state index in [1.807, 2.05) is 36.4 Å². The number of benzene rings is 3. The molecule has 0 saturated heterocycles. The van der Waals surface area contributed by atoms with Crippen molar-refractivity contribution in [3.8, 4) is 16.9 Å². The van der Waals surface area contributed by atoms with E-state index in [0.29, 0.717) is 5.56 Å². The quantitative estimate of drug-likeness (QED) is 0.568. The van der Waals surface area contributed by atoms with Crippen molar-refractivity contribution in [2.24, 2.45) is 0 Å². The third kappa shape index (κ3) is 4.17. The van der Waals surface area contributed by atoms with Crippen LogP contribution in [0.3, 0.4) is 0 Å². The van der Waals surface area contributed by atoms with Crippen LogP contribution >= 0.6 is 0 Å². The summed E-state index contributed by atoms with van der Waals surface area (Å²) in [5.41, 5.74) is 5.17. The van der Waals surface area contributed by atoms with E-state index in [2.05, 4.69) is 12.1 Å². The molecule has 0 saturated carbocycles. The zero-order valence-electron chi connectivity index (χ0n) is 17.8. The third-order valence-corrected chi connectivity index (χ3v) is 5.94. The first-order valence-electron chi connectivity index (χ1n) is 10.6. The average molecular weight is 431 g/mol. The molecule has 0 spiro atoms. The molecule has 3 aromatic carbocycles. The molecule has 1 atom stereocenters. The second-order valence-corrected chi connectivity index (χ2v) is 7.81. The lowest BCUT2D eigenvalue weighted by Gasteiger charge is -2.28. The molecular formula is C26H25NO5. The summed E-state index contributed by atoms with van der Waals surface area (Å²) in [5, 5.41) is 19.2. The van der Waals surface area contributed by atoms with Crippen molar-refractivity contribution < 1.29 is 24.5 Å². The molecular weight excluding hydrogens is 406 g/mol. The first kappa shape index (κ1) is 21.4. The van der Waals surface area contributed by atoms with Crippen LogP contribution < -0.4 is 0 Å². The van der Waals surface area contributed by atoms with Crippen molar-refractivity contribution in [1.82, 2.24) is 4.90 Å². The summed E-state index contributed by atoms with van der Waals surface area (Å²) in [6, 6.07) is 21.3. The van der Waals surface area contributed by atoms with Gasteiger partial charge >= 0.3 is 12.1 Å². The SMILES string of the molecule is CCN(C(=O)OCC1c2ccccc2-c2ccccc21)[C@@H](Cc1ccc(O)cc1)C(=O)O. The van der Waals surface area contributed by atoms with Gasteiger partial charge in [-0.25, -0.2) is 9.59 Å². The molecule has 6 nitrogen and oxygen atoms in total. The Labute approximate surface area is 186 Å². The molecule has 0 radical (unpaired) electrons. The van der Waals surface area contributed by atoms with Gasteiger partial charge in [-0.2, -0.15) is 0 Å². The van der Waals surface area contributed by atoms with Crippen molar-refractivity contribution >= 4 is 12.1 Å². The lowest BCUT2D eigenvalue weighted by Crippen LogP contribution is -2.46. The minimum Gasteiger partial charge on any atom is -0.508 e. The Bertz CT molecular complexity index is 1080. The van der Waals surface area contributed by atoms with Crippen LogP contribution in [0.15, 0.2) is 72.8 Å². The lowest BCUT2D eigenvalue weighted by molar-refractivity contribution is -0.142. The summed E-state index contributed by atoms with van der Waals surface area (Å²) in [6.45, 7) is 2.06.